The first-order valence-corrected chi connectivity index (χ1v) is 8.76. The Hall–Kier alpha value is -3.15. The molecule has 0 bridgehead atoms. The van der Waals surface area contributed by atoms with Crippen LogP contribution in [0.5, 0.6) is 0 Å². The van der Waals surface area contributed by atoms with Crippen LogP contribution in [-0.4, -0.2) is 23.6 Å². The van der Waals surface area contributed by atoms with Crippen molar-refractivity contribution in [2.75, 3.05) is 7.05 Å². The van der Waals surface area contributed by atoms with Gasteiger partial charge in [-0.2, -0.15) is 0 Å². The Bertz CT molecular complexity index is 881. The maximum atomic E-state index is 11.2. The van der Waals surface area contributed by atoms with Gasteiger partial charge in [0.15, 0.2) is 0 Å². The zero-order chi connectivity index (χ0) is 20.0. The first-order chi connectivity index (χ1) is 12.9. The first kappa shape index (κ1) is 20.2. The highest BCUT2D eigenvalue weighted by Crippen LogP contribution is 2.32. The Morgan fingerprint density at radius 2 is 1.89 bits per heavy atom. The van der Waals surface area contributed by atoms with Crippen molar-refractivity contribution >= 4 is 17.6 Å². The lowest BCUT2D eigenvalue weighted by molar-refractivity contribution is -0.108. The topological polar surface area (TPSA) is 80.0 Å². The molecule has 0 aromatic carbocycles. The molecule has 0 aliphatic rings. The van der Waals surface area contributed by atoms with Crippen LogP contribution < -0.4 is 10.6 Å². The average Bonchev–Trinajstić information content (AvgIpc) is 2.96. The Morgan fingerprint density at radius 1 is 1.15 bits per heavy atom. The maximum absolute atomic E-state index is 11.2. The number of nitrogens with one attached hydrogen (secondary N) is 2. The van der Waals surface area contributed by atoms with Crippen LogP contribution in [0.1, 0.15) is 40.8 Å². The summed E-state index contributed by atoms with van der Waals surface area (Å²) in [7, 11) is 1.79. The van der Waals surface area contributed by atoms with Gasteiger partial charge in [-0.3, -0.25) is 9.78 Å². The summed E-state index contributed by atoms with van der Waals surface area (Å²) in [5.74, 6) is 0.748. The standard InChI is InChI=1S/C21H26N4O2/c1-7-17(21-15(4)25-27-16(21)5)10-18(19(11-22-6)24-12-26)20-13(2)8-9-23-14(20)3/h7-12,22H,1-6H3,(H,24,26)/b17-7+,18-10+,19-11-. The second-order valence-electron chi connectivity index (χ2n) is 6.20. The van der Waals surface area contributed by atoms with E-state index in [2.05, 4.69) is 20.8 Å². The summed E-state index contributed by atoms with van der Waals surface area (Å²) >= 11 is 0. The summed E-state index contributed by atoms with van der Waals surface area (Å²) in [6, 6.07) is 1.96. The van der Waals surface area contributed by atoms with Crippen molar-refractivity contribution < 1.29 is 9.32 Å². The van der Waals surface area contributed by atoms with E-state index in [1.165, 1.54) is 0 Å². The normalized spacial score (nSPS) is 12.9. The predicted molar refractivity (Wildman–Crippen MR) is 108 cm³/mol. The number of aryl methyl sites for hydroxylation is 4. The summed E-state index contributed by atoms with van der Waals surface area (Å²) in [5.41, 5.74) is 7.15. The molecule has 6 nitrogen and oxygen atoms in total. The van der Waals surface area contributed by atoms with E-state index >= 15 is 0 Å². The largest absolute Gasteiger partial charge is 0.392 e. The maximum Gasteiger partial charge on any atom is 0.211 e. The summed E-state index contributed by atoms with van der Waals surface area (Å²) in [6.45, 7) is 9.76. The third-order valence-electron chi connectivity index (χ3n) is 4.34. The molecule has 0 fully saturated rings. The molecule has 0 radical (unpaired) electrons. The van der Waals surface area contributed by atoms with Crippen LogP contribution >= 0.6 is 0 Å². The lowest BCUT2D eigenvalue weighted by Gasteiger charge is -2.17. The van der Waals surface area contributed by atoms with E-state index in [9.17, 15) is 4.79 Å². The molecule has 0 aliphatic heterocycles. The number of hydrogen-bond acceptors (Lipinski definition) is 5. The molecule has 0 atom stereocenters. The summed E-state index contributed by atoms with van der Waals surface area (Å²) < 4.78 is 5.34. The Morgan fingerprint density at radius 3 is 2.41 bits per heavy atom. The lowest BCUT2D eigenvalue weighted by Crippen LogP contribution is -2.16. The van der Waals surface area contributed by atoms with Gasteiger partial charge in [-0.15, -0.1) is 0 Å². The van der Waals surface area contributed by atoms with Crippen LogP contribution in [-0.2, 0) is 4.79 Å². The summed E-state index contributed by atoms with van der Waals surface area (Å²) in [6.07, 6.45) is 8.25. The zero-order valence-corrected chi connectivity index (χ0v) is 16.7. The van der Waals surface area contributed by atoms with Crippen molar-refractivity contribution in [3.05, 3.63) is 70.2 Å². The quantitative estimate of drug-likeness (QED) is 0.578. The third-order valence-corrected chi connectivity index (χ3v) is 4.34. The molecule has 0 saturated heterocycles. The minimum absolute atomic E-state index is 0.651. The molecule has 1 amide bonds. The number of nitrogens with zero attached hydrogens (tertiary/aromatic N) is 2. The van der Waals surface area contributed by atoms with Gasteiger partial charge in [0, 0.05) is 41.8 Å². The highest BCUT2D eigenvalue weighted by Gasteiger charge is 2.18. The lowest BCUT2D eigenvalue weighted by atomic mass is 9.92. The molecule has 2 aromatic heterocycles. The molecule has 6 heteroatoms. The average molecular weight is 366 g/mol. The van der Waals surface area contributed by atoms with Gasteiger partial charge in [-0.05, 0) is 57.9 Å². The molecule has 0 spiro atoms. The highest BCUT2D eigenvalue weighted by molar-refractivity contribution is 5.92. The zero-order valence-electron chi connectivity index (χ0n) is 16.7. The molecule has 0 aliphatic carbocycles. The van der Waals surface area contributed by atoms with E-state index in [1.54, 1.807) is 19.4 Å². The van der Waals surface area contributed by atoms with Crippen LogP contribution in [0.15, 0.2) is 40.8 Å². The van der Waals surface area contributed by atoms with E-state index < -0.39 is 0 Å². The molecule has 27 heavy (non-hydrogen) atoms. The van der Waals surface area contributed by atoms with Gasteiger partial charge >= 0.3 is 0 Å². The Balaban J connectivity index is 2.77. The van der Waals surface area contributed by atoms with Crippen molar-refractivity contribution in [3.63, 3.8) is 0 Å². The molecular weight excluding hydrogens is 340 g/mol. The predicted octanol–water partition coefficient (Wildman–Crippen LogP) is 3.60. The fraction of sp³-hybridized carbons (Fsp3) is 0.286. The van der Waals surface area contributed by atoms with Crippen molar-refractivity contribution in [2.24, 2.45) is 0 Å². The van der Waals surface area contributed by atoms with Crippen molar-refractivity contribution in [2.45, 2.75) is 34.6 Å². The second-order valence-corrected chi connectivity index (χ2v) is 6.20. The van der Waals surface area contributed by atoms with Gasteiger partial charge in [-0.25, -0.2) is 0 Å². The van der Waals surface area contributed by atoms with E-state index in [0.717, 1.165) is 45.0 Å². The van der Waals surface area contributed by atoms with Crippen LogP contribution in [0, 0.1) is 27.7 Å². The van der Waals surface area contributed by atoms with Crippen LogP contribution in [0.3, 0.4) is 0 Å². The monoisotopic (exact) mass is 366 g/mol. The number of aromatic nitrogens is 2. The minimum Gasteiger partial charge on any atom is -0.392 e. The number of carbonyl (C=O) groups excluding carboxylic acids is 1. The number of allylic oxidation sites excluding steroid dienone is 4. The van der Waals surface area contributed by atoms with Gasteiger partial charge in [0.2, 0.25) is 6.41 Å². The smallest absolute Gasteiger partial charge is 0.211 e. The van der Waals surface area contributed by atoms with Crippen molar-refractivity contribution in [3.8, 4) is 0 Å². The van der Waals surface area contributed by atoms with Crippen LogP contribution in [0.4, 0.5) is 0 Å². The van der Waals surface area contributed by atoms with Crippen molar-refractivity contribution in [1.29, 1.82) is 0 Å². The van der Waals surface area contributed by atoms with Gasteiger partial charge in [0.25, 0.3) is 0 Å². The Kier molecular flexibility index (Phi) is 6.71. The van der Waals surface area contributed by atoms with Gasteiger partial charge in [0.05, 0.1) is 11.4 Å². The fourth-order valence-corrected chi connectivity index (χ4v) is 3.14. The van der Waals surface area contributed by atoms with Gasteiger partial charge < -0.3 is 15.2 Å². The number of rotatable bonds is 7. The van der Waals surface area contributed by atoms with E-state index in [4.69, 9.17) is 4.52 Å². The number of carbonyl (C=O) groups is 1. The van der Waals surface area contributed by atoms with Crippen LogP contribution in [0.2, 0.25) is 0 Å². The number of amides is 1. The van der Waals surface area contributed by atoms with Crippen LogP contribution in [0.25, 0.3) is 11.1 Å². The van der Waals surface area contributed by atoms with Crippen molar-refractivity contribution in [1.82, 2.24) is 20.8 Å². The Labute approximate surface area is 160 Å². The van der Waals surface area contributed by atoms with Gasteiger partial charge in [0.1, 0.15) is 5.76 Å². The molecule has 0 saturated carbocycles. The van der Waals surface area contributed by atoms with E-state index in [0.29, 0.717) is 12.1 Å². The second kappa shape index (κ2) is 8.98. The molecular formula is C21H26N4O2. The number of pyridine rings is 1. The SMILES string of the molecule is C\C=C(/C=C(\C(=C\NC)NC=O)c1c(C)ccnc1C)c1c(C)noc1C. The van der Waals surface area contributed by atoms with E-state index in [-0.39, 0.29) is 0 Å². The number of hydrogen-bond donors (Lipinski definition) is 2. The third kappa shape index (κ3) is 4.34. The fourth-order valence-electron chi connectivity index (χ4n) is 3.14. The molecule has 2 rings (SSSR count). The summed E-state index contributed by atoms with van der Waals surface area (Å²) in [4.78, 5) is 15.7. The first-order valence-electron chi connectivity index (χ1n) is 8.76. The molecule has 2 heterocycles. The molecule has 142 valence electrons. The summed E-state index contributed by atoms with van der Waals surface area (Å²) in [5, 5.41) is 9.85. The van der Waals surface area contributed by atoms with E-state index in [1.807, 2.05) is 52.8 Å². The highest BCUT2D eigenvalue weighted by atomic mass is 16.5. The molecule has 2 aromatic rings. The molecule has 0 unspecified atom stereocenters. The molecule has 2 N–H and O–H groups in total. The minimum atomic E-state index is 0.651. The van der Waals surface area contributed by atoms with Gasteiger partial charge in [-0.1, -0.05) is 11.2 Å².